The molecule has 0 unspecified atom stereocenters. The van der Waals surface area contributed by atoms with Crippen molar-refractivity contribution >= 4 is 5.91 Å². The van der Waals surface area contributed by atoms with Crippen LogP contribution in [0.4, 0.5) is 4.39 Å². The van der Waals surface area contributed by atoms with Gasteiger partial charge in [-0.05, 0) is 54.6 Å². The monoisotopic (exact) mass is 505 g/mol. The predicted octanol–water partition coefficient (Wildman–Crippen LogP) is 2.11. The summed E-state index contributed by atoms with van der Waals surface area (Å²) in [4.78, 5) is 37.1. The Hall–Kier alpha value is -4.80. The van der Waals surface area contributed by atoms with Gasteiger partial charge < -0.3 is 14.8 Å². The van der Waals surface area contributed by atoms with Crippen LogP contribution in [0.3, 0.4) is 0 Å². The van der Waals surface area contributed by atoms with Gasteiger partial charge in [-0.2, -0.15) is 10.2 Å². The number of nitrogens with zero attached hydrogens (tertiary/aromatic N) is 4. The quantitative estimate of drug-likeness (QED) is 0.370. The standard InChI is InChI=1S/C26H24FN5O5/c1-36-19-7-10-23(37-2)20(15-19)22-9-12-26(35)32(30-22)16-24(33)28-13-14-31-25(34)11-8-21(29-31)17-3-5-18(27)6-4-17/h3-12,15H,13-14,16H2,1-2H3,(H,28,33). The second-order valence-electron chi connectivity index (χ2n) is 7.92. The molecule has 0 spiro atoms. The second-order valence-corrected chi connectivity index (χ2v) is 7.92. The zero-order chi connectivity index (χ0) is 26.4. The van der Waals surface area contributed by atoms with Crippen molar-refractivity contribution in [1.82, 2.24) is 24.9 Å². The number of carbonyl (C=O) groups is 1. The van der Waals surface area contributed by atoms with Gasteiger partial charge in [0.25, 0.3) is 11.1 Å². The maximum atomic E-state index is 13.2. The van der Waals surface area contributed by atoms with Crippen LogP contribution >= 0.6 is 0 Å². The lowest BCUT2D eigenvalue weighted by atomic mass is 10.1. The number of halogens is 1. The minimum atomic E-state index is -0.466. The molecule has 0 aliphatic carbocycles. The van der Waals surface area contributed by atoms with Crippen molar-refractivity contribution in [3.8, 4) is 34.0 Å². The Morgan fingerprint density at radius 2 is 1.54 bits per heavy atom. The highest BCUT2D eigenvalue weighted by atomic mass is 19.1. The van der Waals surface area contributed by atoms with Crippen LogP contribution in [0.5, 0.6) is 11.5 Å². The third-order valence-corrected chi connectivity index (χ3v) is 5.49. The van der Waals surface area contributed by atoms with Crippen molar-refractivity contribution in [2.75, 3.05) is 20.8 Å². The Morgan fingerprint density at radius 1 is 0.865 bits per heavy atom. The van der Waals surface area contributed by atoms with Gasteiger partial charge in [0, 0.05) is 29.8 Å². The number of methoxy groups -OCH3 is 2. The molecular weight excluding hydrogens is 481 g/mol. The molecule has 2 aromatic carbocycles. The molecule has 4 rings (SSSR count). The predicted molar refractivity (Wildman–Crippen MR) is 134 cm³/mol. The first-order valence-electron chi connectivity index (χ1n) is 11.3. The highest BCUT2D eigenvalue weighted by Crippen LogP contribution is 2.31. The van der Waals surface area contributed by atoms with Crippen LogP contribution in [0.15, 0.2) is 76.3 Å². The molecule has 0 atom stereocenters. The second kappa shape index (κ2) is 11.3. The number of hydrogen-bond donors (Lipinski definition) is 1. The van der Waals surface area contributed by atoms with Crippen molar-refractivity contribution < 1.29 is 18.7 Å². The minimum absolute atomic E-state index is 0.0940. The first-order valence-corrected chi connectivity index (χ1v) is 11.3. The number of nitrogens with one attached hydrogen (secondary N) is 1. The molecule has 0 aliphatic rings. The Bertz CT molecular complexity index is 1530. The molecule has 0 saturated carbocycles. The van der Waals surface area contributed by atoms with E-state index in [-0.39, 0.29) is 31.0 Å². The Kier molecular flexibility index (Phi) is 7.72. The number of carbonyl (C=O) groups excluding carboxylic acids is 1. The summed E-state index contributed by atoms with van der Waals surface area (Å²) in [7, 11) is 3.05. The van der Waals surface area contributed by atoms with Gasteiger partial charge in [-0.15, -0.1) is 0 Å². The lowest BCUT2D eigenvalue weighted by Gasteiger charge is -2.12. The molecule has 1 amide bonds. The SMILES string of the molecule is COc1ccc(OC)c(-c2ccc(=O)n(CC(=O)NCCn3nc(-c4ccc(F)cc4)ccc3=O)n2)c1. The molecule has 190 valence electrons. The fourth-order valence-electron chi connectivity index (χ4n) is 3.60. The van der Waals surface area contributed by atoms with Crippen LogP contribution in [0.2, 0.25) is 0 Å². The summed E-state index contributed by atoms with van der Waals surface area (Å²) in [5.41, 5.74) is 1.37. The van der Waals surface area contributed by atoms with Crippen molar-refractivity contribution in [1.29, 1.82) is 0 Å². The van der Waals surface area contributed by atoms with Crippen LogP contribution in [0, 0.1) is 5.82 Å². The van der Waals surface area contributed by atoms with Gasteiger partial charge in [-0.1, -0.05) is 0 Å². The maximum absolute atomic E-state index is 13.2. The molecule has 4 aromatic rings. The smallest absolute Gasteiger partial charge is 0.267 e. The summed E-state index contributed by atoms with van der Waals surface area (Å²) in [6.45, 7) is -0.128. The third-order valence-electron chi connectivity index (χ3n) is 5.49. The maximum Gasteiger partial charge on any atom is 0.267 e. The molecule has 2 aromatic heterocycles. The highest BCUT2D eigenvalue weighted by molar-refractivity contribution is 5.75. The molecule has 0 saturated heterocycles. The Labute approximate surface area is 210 Å². The van der Waals surface area contributed by atoms with E-state index in [4.69, 9.17) is 9.47 Å². The van der Waals surface area contributed by atoms with Gasteiger partial charge in [-0.3, -0.25) is 14.4 Å². The molecule has 2 heterocycles. The first kappa shape index (κ1) is 25.3. The van der Waals surface area contributed by atoms with Gasteiger partial charge in [0.15, 0.2) is 0 Å². The summed E-state index contributed by atoms with van der Waals surface area (Å²) >= 11 is 0. The number of rotatable bonds is 9. The third kappa shape index (κ3) is 6.07. The van der Waals surface area contributed by atoms with Crippen LogP contribution in [-0.2, 0) is 17.9 Å². The van der Waals surface area contributed by atoms with E-state index in [9.17, 15) is 18.8 Å². The van der Waals surface area contributed by atoms with E-state index >= 15 is 0 Å². The first-order chi connectivity index (χ1) is 17.9. The van der Waals surface area contributed by atoms with Crippen molar-refractivity contribution in [3.63, 3.8) is 0 Å². The number of hydrogen-bond acceptors (Lipinski definition) is 7. The lowest BCUT2D eigenvalue weighted by molar-refractivity contribution is -0.121. The van der Waals surface area contributed by atoms with Crippen molar-refractivity contribution in [2.24, 2.45) is 0 Å². The largest absolute Gasteiger partial charge is 0.497 e. The topological polar surface area (TPSA) is 117 Å². The average Bonchev–Trinajstić information content (AvgIpc) is 2.91. The Morgan fingerprint density at radius 3 is 2.24 bits per heavy atom. The molecule has 1 N–H and O–H groups in total. The number of ether oxygens (including phenoxy) is 2. The van der Waals surface area contributed by atoms with E-state index < -0.39 is 11.5 Å². The van der Waals surface area contributed by atoms with Gasteiger partial charge in [-0.25, -0.2) is 13.8 Å². The normalized spacial score (nSPS) is 10.7. The summed E-state index contributed by atoms with van der Waals surface area (Å²) in [5.74, 6) is 0.276. The molecule has 11 heteroatoms. The Balaban J connectivity index is 1.43. The number of benzene rings is 2. The van der Waals surface area contributed by atoms with Crippen LogP contribution < -0.4 is 25.9 Å². The fraction of sp³-hybridized carbons (Fsp3) is 0.192. The average molecular weight is 506 g/mol. The molecule has 0 fully saturated rings. The zero-order valence-electron chi connectivity index (χ0n) is 20.2. The van der Waals surface area contributed by atoms with Crippen molar-refractivity contribution in [3.05, 3.63) is 93.3 Å². The van der Waals surface area contributed by atoms with Gasteiger partial charge in [0.05, 0.1) is 32.2 Å². The fourth-order valence-corrected chi connectivity index (χ4v) is 3.60. The summed E-state index contributed by atoms with van der Waals surface area (Å²) in [6, 6.07) is 16.7. The highest BCUT2D eigenvalue weighted by Gasteiger charge is 2.13. The van der Waals surface area contributed by atoms with E-state index in [0.29, 0.717) is 34.0 Å². The van der Waals surface area contributed by atoms with Crippen LogP contribution in [0.1, 0.15) is 0 Å². The molecular formula is C26H24FN5O5. The van der Waals surface area contributed by atoms with Gasteiger partial charge in [0.1, 0.15) is 23.9 Å². The molecule has 37 heavy (non-hydrogen) atoms. The van der Waals surface area contributed by atoms with E-state index in [1.165, 1.54) is 43.2 Å². The molecule has 0 aliphatic heterocycles. The lowest BCUT2D eigenvalue weighted by Crippen LogP contribution is -2.36. The zero-order valence-corrected chi connectivity index (χ0v) is 20.2. The summed E-state index contributed by atoms with van der Waals surface area (Å²) in [6.07, 6.45) is 0. The van der Waals surface area contributed by atoms with E-state index in [1.54, 1.807) is 42.5 Å². The minimum Gasteiger partial charge on any atom is -0.497 e. The van der Waals surface area contributed by atoms with E-state index in [0.717, 1.165) is 4.68 Å². The summed E-state index contributed by atoms with van der Waals surface area (Å²) < 4.78 is 26.1. The van der Waals surface area contributed by atoms with Gasteiger partial charge >= 0.3 is 0 Å². The van der Waals surface area contributed by atoms with E-state index in [2.05, 4.69) is 15.5 Å². The summed E-state index contributed by atoms with van der Waals surface area (Å²) in [5, 5.41) is 11.3. The van der Waals surface area contributed by atoms with Crippen LogP contribution in [0.25, 0.3) is 22.5 Å². The van der Waals surface area contributed by atoms with Crippen LogP contribution in [-0.4, -0.2) is 46.2 Å². The number of aromatic nitrogens is 4. The van der Waals surface area contributed by atoms with Gasteiger partial charge in [0.2, 0.25) is 5.91 Å². The molecule has 0 bridgehead atoms. The van der Waals surface area contributed by atoms with Crippen molar-refractivity contribution in [2.45, 2.75) is 13.1 Å². The molecule has 0 radical (unpaired) electrons. The molecule has 10 nitrogen and oxygen atoms in total. The van der Waals surface area contributed by atoms with E-state index in [1.807, 2.05) is 0 Å². The number of amides is 1.